The Bertz CT molecular complexity index is 1080. The molecule has 3 aromatic heterocycles. The van der Waals surface area contributed by atoms with Gasteiger partial charge < -0.3 is 9.14 Å². The number of hydrogen-bond donors (Lipinski definition) is 0. The smallest absolute Gasteiger partial charge is 0.192 e. The molecular formula is C23H25N5OS. The molecule has 0 aliphatic carbocycles. The number of pyridine rings is 1. The summed E-state index contributed by atoms with van der Waals surface area (Å²) < 4.78 is 9.87. The van der Waals surface area contributed by atoms with Gasteiger partial charge in [-0.15, -0.1) is 16.8 Å². The standard InChI is InChI=1S/C23H25N5OS/c1-3-5-15-29-20-11-9-18(10-12-20)22-25-26-23(28(22)13-4-2)30-17-19-16-27-14-7-6-8-21(27)24-19/h4,6-12,14,16H,2-3,5,13,15,17H2,1H3. The predicted molar refractivity (Wildman–Crippen MR) is 121 cm³/mol. The molecule has 0 aliphatic rings. The van der Waals surface area contributed by atoms with E-state index in [2.05, 4.69) is 39.4 Å². The van der Waals surface area contributed by atoms with Crippen molar-refractivity contribution in [3.05, 3.63) is 73.2 Å². The largest absolute Gasteiger partial charge is 0.494 e. The van der Waals surface area contributed by atoms with Gasteiger partial charge in [0.25, 0.3) is 0 Å². The number of thioether (sulfide) groups is 1. The fraction of sp³-hybridized carbons (Fsp3) is 0.261. The fourth-order valence-corrected chi connectivity index (χ4v) is 3.96. The molecule has 0 fully saturated rings. The van der Waals surface area contributed by atoms with Crippen molar-refractivity contribution in [2.24, 2.45) is 0 Å². The number of ether oxygens (including phenoxy) is 1. The quantitative estimate of drug-likeness (QED) is 0.200. The molecule has 0 saturated carbocycles. The molecule has 0 atom stereocenters. The van der Waals surface area contributed by atoms with Crippen molar-refractivity contribution in [2.75, 3.05) is 6.61 Å². The van der Waals surface area contributed by atoms with Crippen molar-refractivity contribution in [3.8, 4) is 17.1 Å². The van der Waals surface area contributed by atoms with Gasteiger partial charge in [-0.3, -0.25) is 4.57 Å². The van der Waals surface area contributed by atoms with Crippen LogP contribution in [0.1, 0.15) is 25.5 Å². The highest BCUT2D eigenvalue weighted by Crippen LogP contribution is 2.27. The number of fused-ring (bicyclic) bond motifs is 1. The SMILES string of the molecule is C=CCn1c(SCc2cn3ccccc3n2)nnc1-c1ccc(OCCCC)cc1. The Morgan fingerprint density at radius 2 is 2.00 bits per heavy atom. The minimum absolute atomic E-state index is 0.643. The number of benzene rings is 1. The van der Waals surface area contributed by atoms with Crippen LogP contribution in [0.5, 0.6) is 5.75 Å². The third-order valence-electron chi connectivity index (χ3n) is 4.67. The monoisotopic (exact) mass is 419 g/mol. The van der Waals surface area contributed by atoms with Crippen molar-refractivity contribution in [1.82, 2.24) is 24.1 Å². The number of allylic oxidation sites excluding steroid dienone is 1. The van der Waals surface area contributed by atoms with Crippen LogP contribution in [0.25, 0.3) is 17.0 Å². The van der Waals surface area contributed by atoms with E-state index in [-0.39, 0.29) is 0 Å². The van der Waals surface area contributed by atoms with Gasteiger partial charge in [0.2, 0.25) is 0 Å². The van der Waals surface area contributed by atoms with Crippen LogP contribution in [0.3, 0.4) is 0 Å². The second-order valence-electron chi connectivity index (χ2n) is 6.92. The zero-order valence-corrected chi connectivity index (χ0v) is 17.9. The van der Waals surface area contributed by atoms with Gasteiger partial charge in [0, 0.05) is 30.3 Å². The Kier molecular flexibility index (Phi) is 6.49. The molecule has 4 rings (SSSR count). The van der Waals surface area contributed by atoms with Crippen LogP contribution in [-0.2, 0) is 12.3 Å². The maximum atomic E-state index is 5.76. The average Bonchev–Trinajstić information content (AvgIpc) is 3.37. The Morgan fingerprint density at radius 3 is 2.77 bits per heavy atom. The van der Waals surface area contributed by atoms with Crippen molar-refractivity contribution in [3.63, 3.8) is 0 Å². The second kappa shape index (κ2) is 9.63. The van der Waals surface area contributed by atoms with Crippen LogP contribution < -0.4 is 4.74 Å². The highest BCUT2D eigenvalue weighted by atomic mass is 32.2. The molecule has 0 aliphatic heterocycles. The fourth-order valence-electron chi connectivity index (χ4n) is 3.13. The Morgan fingerprint density at radius 1 is 1.13 bits per heavy atom. The summed E-state index contributed by atoms with van der Waals surface area (Å²) in [6, 6.07) is 14.0. The summed E-state index contributed by atoms with van der Waals surface area (Å²) >= 11 is 1.63. The minimum atomic E-state index is 0.643. The van der Waals surface area contributed by atoms with Crippen LogP contribution in [-0.4, -0.2) is 30.8 Å². The summed E-state index contributed by atoms with van der Waals surface area (Å²) in [6.45, 7) is 7.44. The molecule has 0 unspecified atom stereocenters. The number of hydrogen-bond acceptors (Lipinski definition) is 5. The summed E-state index contributed by atoms with van der Waals surface area (Å²) in [5.74, 6) is 2.43. The molecule has 1 aromatic carbocycles. The molecule has 30 heavy (non-hydrogen) atoms. The minimum Gasteiger partial charge on any atom is -0.494 e. The molecule has 0 amide bonds. The number of imidazole rings is 1. The molecule has 154 valence electrons. The number of nitrogens with zero attached hydrogens (tertiary/aromatic N) is 5. The van der Waals surface area contributed by atoms with E-state index in [1.165, 1.54) is 0 Å². The maximum Gasteiger partial charge on any atom is 0.192 e. The lowest BCUT2D eigenvalue weighted by Gasteiger charge is -2.09. The molecular weight excluding hydrogens is 394 g/mol. The highest BCUT2D eigenvalue weighted by molar-refractivity contribution is 7.98. The molecule has 6 nitrogen and oxygen atoms in total. The third kappa shape index (κ3) is 4.57. The van der Waals surface area contributed by atoms with Gasteiger partial charge in [-0.25, -0.2) is 4.98 Å². The molecule has 3 heterocycles. The summed E-state index contributed by atoms with van der Waals surface area (Å²) in [6.07, 6.45) is 8.10. The maximum absolute atomic E-state index is 5.76. The third-order valence-corrected chi connectivity index (χ3v) is 5.67. The summed E-state index contributed by atoms with van der Waals surface area (Å²) in [5, 5.41) is 9.72. The van der Waals surface area contributed by atoms with Crippen LogP contribution in [0.15, 0.2) is 72.7 Å². The predicted octanol–water partition coefficient (Wildman–Crippen LogP) is 5.25. The lowest BCUT2D eigenvalue weighted by atomic mass is 10.2. The van der Waals surface area contributed by atoms with Crippen LogP contribution in [0.2, 0.25) is 0 Å². The van der Waals surface area contributed by atoms with Gasteiger partial charge in [-0.05, 0) is 42.8 Å². The lowest BCUT2D eigenvalue weighted by molar-refractivity contribution is 0.309. The first-order valence-corrected chi connectivity index (χ1v) is 11.1. The Balaban J connectivity index is 1.50. The van der Waals surface area contributed by atoms with E-state index >= 15 is 0 Å². The van der Waals surface area contributed by atoms with Crippen LogP contribution in [0.4, 0.5) is 0 Å². The van der Waals surface area contributed by atoms with Crippen LogP contribution in [0, 0.1) is 0 Å². The van der Waals surface area contributed by atoms with Gasteiger partial charge >= 0.3 is 0 Å². The molecule has 4 aromatic rings. The molecule has 0 N–H and O–H groups in total. The second-order valence-corrected chi connectivity index (χ2v) is 7.86. The van der Waals surface area contributed by atoms with Gasteiger partial charge in [0.15, 0.2) is 11.0 Å². The van der Waals surface area contributed by atoms with E-state index < -0.39 is 0 Å². The van der Waals surface area contributed by atoms with E-state index in [1.807, 2.05) is 59.1 Å². The Labute approximate surface area is 180 Å². The normalized spacial score (nSPS) is 11.1. The summed E-state index contributed by atoms with van der Waals surface area (Å²) in [7, 11) is 0. The molecule has 7 heteroatoms. The average molecular weight is 420 g/mol. The van der Waals surface area contributed by atoms with Gasteiger partial charge in [-0.1, -0.05) is 37.2 Å². The first kappa shape index (κ1) is 20.2. The van der Waals surface area contributed by atoms with Crippen molar-refractivity contribution >= 4 is 17.4 Å². The molecule has 0 spiro atoms. The Hall–Kier alpha value is -3.06. The summed E-state index contributed by atoms with van der Waals surface area (Å²) in [4.78, 5) is 4.66. The number of aromatic nitrogens is 5. The van der Waals surface area contributed by atoms with E-state index in [0.717, 1.165) is 58.8 Å². The van der Waals surface area contributed by atoms with Gasteiger partial charge in [0.05, 0.1) is 12.3 Å². The molecule has 0 bridgehead atoms. The van der Waals surface area contributed by atoms with E-state index in [1.54, 1.807) is 11.8 Å². The van der Waals surface area contributed by atoms with Gasteiger partial charge in [-0.2, -0.15) is 0 Å². The lowest BCUT2D eigenvalue weighted by Crippen LogP contribution is -2.01. The molecule has 0 saturated heterocycles. The van der Waals surface area contributed by atoms with Crippen molar-refractivity contribution in [1.29, 1.82) is 0 Å². The molecule has 0 radical (unpaired) electrons. The number of unbranched alkanes of at least 4 members (excludes halogenated alkanes) is 1. The number of rotatable bonds is 10. The first-order valence-electron chi connectivity index (χ1n) is 10.1. The highest BCUT2D eigenvalue weighted by Gasteiger charge is 2.14. The van der Waals surface area contributed by atoms with Crippen molar-refractivity contribution in [2.45, 2.75) is 37.2 Å². The topological polar surface area (TPSA) is 57.2 Å². The van der Waals surface area contributed by atoms with E-state index in [9.17, 15) is 0 Å². The first-order chi connectivity index (χ1) is 14.8. The zero-order valence-electron chi connectivity index (χ0n) is 17.1. The van der Waals surface area contributed by atoms with E-state index in [0.29, 0.717) is 6.54 Å². The van der Waals surface area contributed by atoms with E-state index in [4.69, 9.17) is 4.74 Å². The van der Waals surface area contributed by atoms with Crippen molar-refractivity contribution < 1.29 is 4.74 Å². The zero-order chi connectivity index (χ0) is 20.8. The van der Waals surface area contributed by atoms with Crippen LogP contribution >= 0.6 is 11.8 Å². The summed E-state index contributed by atoms with van der Waals surface area (Å²) in [5.41, 5.74) is 2.96. The van der Waals surface area contributed by atoms with Gasteiger partial charge in [0.1, 0.15) is 11.4 Å².